The van der Waals surface area contributed by atoms with E-state index in [1.165, 1.54) is 4.88 Å². The Kier molecular flexibility index (Phi) is 5.50. The Morgan fingerprint density at radius 3 is 2.79 bits per heavy atom. The Morgan fingerprint density at radius 2 is 2.11 bits per heavy atom. The van der Waals surface area contributed by atoms with Crippen molar-refractivity contribution in [1.29, 1.82) is 0 Å². The van der Waals surface area contributed by atoms with Gasteiger partial charge in [0.2, 0.25) is 0 Å². The van der Waals surface area contributed by atoms with Gasteiger partial charge in [-0.3, -0.25) is 4.98 Å². The van der Waals surface area contributed by atoms with Gasteiger partial charge in [-0.25, -0.2) is 4.98 Å². The zero-order chi connectivity index (χ0) is 13.8. The molecule has 0 aliphatic rings. The molecule has 0 radical (unpaired) electrons. The third-order valence-corrected chi connectivity index (χ3v) is 4.89. The van der Waals surface area contributed by atoms with Crippen LogP contribution in [0.1, 0.15) is 31.2 Å². The van der Waals surface area contributed by atoms with Crippen LogP contribution >= 0.6 is 43.2 Å². The van der Waals surface area contributed by atoms with Gasteiger partial charge in [0.25, 0.3) is 0 Å². The normalized spacial score (nSPS) is 12.6. The summed E-state index contributed by atoms with van der Waals surface area (Å²) < 4.78 is 1.91. The molecule has 102 valence electrons. The average molecular weight is 405 g/mol. The molecule has 1 atom stereocenters. The Morgan fingerprint density at radius 1 is 1.32 bits per heavy atom. The van der Waals surface area contributed by atoms with Crippen molar-refractivity contribution in [3.05, 3.63) is 32.3 Å². The molecule has 0 aliphatic heterocycles. The second-order valence-corrected chi connectivity index (χ2v) is 7.06. The number of thiazole rings is 1. The van der Waals surface area contributed by atoms with Crippen molar-refractivity contribution in [2.45, 2.75) is 26.3 Å². The van der Waals surface area contributed by atoms with Gasteiger partial charge in [-0.1, -0.05) is 6.92 Å². The smallest absolute Gasteiger partial charge is 0.143 e. The van der Waals surface area contributed by atoms with Crippen LogP contribution in [0, 0.1) is 0 Å². The van der Waals surface area contributed by atoms with Gasteiger partial charge < -0.3 is 5.32 Å². The minimum Gasteiger partial charge on any atom is -0.309 e. The summed E-state index contributed by atoms with van der Waals surface area (Å²) in [5.41, 5.74) is 0.891. The zero-order valence-corrected chi connectivity index (χ0v) is 14.8. The van der Waals surface area contributed by atoms with Crippen LogP contribution in [0.4, 0.5) is 0 Å². The predicted octanol–water partition coefficient (Wildman–Crippen LogP) is 4.79. The van der Waals surface area contributed by atoms with E-state index in [2.05, 4.69) is 61.0 Å². The van der Waals surface area contributed by atoms with E-state index in [-0.39, 0.29) is 0 Å². The Labute approximate surface area is 134 Å². The van der Waals surface area contributed by atoms with Crippen LogP contribution in [0.5, 0.6) is 0 Å². The maximum Gasteiger partial charge on any atom is 0.143 e. The monoisotopic (exact) mass is 403 g/mol. The fraction of sp³-hybridized carbons (Fsp3) is 0.385. The summed E-state index contributed by atoms with van der Waals surface area (Å²) in [7, 11) is 0. The SMILES string of the molecule is CCCNC(C)c1cnc(-c2ncc(Br)cc2Br)s1. The Balaban J connectivity index is 2.20. The highest BCUT2D eigenvalue weighted by atomic mass is 79.9. The van der Waals surface area contributed by atoms with Crippen LogP contribution in [-0.4, -0.2) is 16.5 Å². The van der Waals surface area contributed by atoms with Gasteiger partial charge in [-0.05, 0) is 57.8 Å². The van der Waals surface area contributed by atoms with Crippen LogP contribution in [-0.2, 0) is 0 Å². The fourth-order valence-electron chi connectivity index (χ4n) is 1.63. The number of pyridine rings is 1. The van der Waals surface area contributed by atoms with Crippen LogP contribution in [0.25, 0.3) is 10.7 Å². The number of hydrogen-bond donors (Lipinski definition) is 1. The lowest BCUT2D eigenvalue weighted by Gasteiger charge is -2.09. The number of rotatable bonds is 5. The van der Waals surface area contributed by atoms with Crippen LogP contribution in [0.3, 0.4) is 0 Å². The molecule has 2 rings (SSSR count). The number of hydrogen-bond acceptors (Lipinski definition) is 4. The molecule has 2 heterocycles. The molecule has 0 saturated carbocycles. The molecule has 0 saturated heterocycles. The van der Waals surface area contributed by atoms with Gasteiger partial charge in [0, 0.05) is 32.3 Å². The van der Waals surface area contributed by atoms with Gasteiger partial charge in [0.05, 0.1) is 0 Å². The molecular formula is C13H15Br2N3S. The van der Waals surface area contributed by atoms with Crippen LogP contribution in [0.15, 0.2) is 27.4 Å². The van der Waals surface area contributed by atoms with E-state index < -0.39 is 0 Å². The number of nitrogens with zero attached hydrogens (tertiary/aromatic N) is 2. The van der Waals surface area contributed by atoms with Gasteiger partial charge in [-0.15, -0.1) is 11.3 Å². The molecule has 0 aliphatic carbocycles. The summed E-state index contributed by atoms with van der Waals surface area (Å²) in [6.07, 6.45) is 4.86. The average Bonchev–Trinajstić information content (AvgIpc) is 2.85. The van der Waals surface area contributed by atoms with Crippen molar-refractivity contribution in [2.75, 3.05) is 6.54 Å². The van der Waals surface area contributed by atoms with Crippen molar-refractivity contribution in [1.82, 2.24) is 15.3 Å². The quantitative estimate of drug-likeness (QED) is 0.778. The number of nitrogens with one attached hydrogen (secondary N) is 1. The largest absolute Gasteiger partial charge is 0.309 e. The van der Waals surface area contributed by atoms with E-state index in [0.29, 0.717) is 6.04 Å². The summed E-state index contributed by atoms with van der Waals surface area (Å²) in [5, 5.41) is 4.41. The van der Waals surface area contributed by atoms with E-state index >= 15 is 0 Å². The molecule has 2 aromatic rings. The molecule has 0 amide bonds. The van der Waals surface area contributed by atoms with E-state index in [0.717, 1.165) is 32.6 Å². The molecule has 19 heavy (non-hydrogen) atoms. The first-order valence-corrected chi connectivity index (χ1v) is 8.52. The molecule has 1 N–H and O–H groups in total. The minimum absolute atomic E-state index is 0.334. The molecule has 0 bridgehead atoms. The summed E-state index contributed by atoms with van der Waals surface area (Å²) in [4.78, 5) is 10.1. The number of aromatic nitrogens is 2. The van der Waals surface area contributed by atoms with Crippen LogP contribution < -0.4 is 5.32 Å². The standard InChI is InChI=1S/C13H15Br2N3S/c1-3-4-16-8(2)11-7-18-13(19-11)12-10(15)5-9(14)6-17-12/h5-8,16H,3-4H2,1-2H3. The summed E-state index contributed by atoms with van der Waals surface area (Å²) >= 11 is 8.62. The Hall–Kier alpha value is -0.300. The van der Waals surface area contributed by atoms with E-state index in [9.17, 15) is 0 Å². The zero-order valence-electron chi connectivity index (χ0n) is 10.8. The molecule has 2 aromatic heterocycles. The Bertz CT molecular complexity index is 557. The summed E-state index contributed by atoms with van der Waals surface area (Å²) in [6, 6.07) is 2.32. The van der Waals surface area contributed by atoms with E-state index in [4.69, 9.17) is 0 Å². The third kappa shape index (κ3) is 3.84. The lowest BCUT2D eigenvalue weighted by molar-refractivity contribution is 0.577. The molecule has 3 nitrogen and oxygen atoms in total. The van der Waals surface area contributed by atoms with Crippen molar-refractivity contribution in [3.63, 3.8) is 0 Å². The molecule has 0 aromatic carbocycles. The van der Waals surface area contributed by atoms with Gasteiger partial charge in [0.1, 0.15) is 10.7 Å². The van der Waals surface area contributed by atoms with Crippen molar-refractivity contribution < 1.29 is 0 Å². The van der Waals surface area contributed by atoms with Crippen molar-refractivity contribution >= 4 is 43.2 Å². The minimum atomic E-state index is 0.334. The van der Waals surface area contributed by atoms with Crippen molar-refractivity contribution in [2.24, 2.45) is 0 Å². The molecular weight excluding hydrogens is 390 g/mol. The molecule has 1 unspecified atom stereocenters. The summed E-state index contributed by atoms with van der Waals surface area (Å²) in [5.74, 6) is 0. The second kappa shape index (κ2) is 6.92. The first-order valence-electron chi connectivity index (χ1n) is 6.12. The molecule has 0 fully saturated rings. The predicted molar refractivity (Wildman–Crippen MR) is 87.5 cm³/mol. The van der Waals surface area contributed by atoms with Crippen molar-refractivity contribution in [3.8, 4) is 10.7 Å². The third-order valence-electron chi connectivity index (χ3n) is 2.66. The first-order chi connectivity index (χ1) is 9.11. The lowest BCUT2D eigenvalue weighted by Crippen LogP contribution is -2.18. The van der Waals surface area contributed by atoms with Crippen LogP contribution in [0.2, 0.25) is 0 Å². The maximum absolute atomic E-state index is 4.48. The second-order valence-electron chi connectivity index (χ2n) is 4.23. The topological polar surface area (TPSA) is 37.8 Å². The fourth-order valence-corrected chi connectivity index (χ4v) is 3.89. The number of halogens is 2. The first kappa shape index (κ1) is 15.1. The molecule has 0 spiro atoms. The van der Waals surface area contributed by atoms with E-state index in [1.807, 2.05) is 12.3 Å². The highest BCUT2D eigenvalue weighted by Gasteiger charge is 2.13. The highest BCUT2D eigenvalue weighted by Crippen LogP contribution is 2.33. The van der Waals surface area contributed by atoms with E-state index in [1.54, 1.807) is 17.5 Å². The lowest BCUT2D eigenvalue weighted by atomic mass is 10.3. The van der Waals surface area contributed by atoms with Gasteiger partial charge >= 0.3 is 0 Å². The molecule has 6 heteroatoms. The summed E-state index contributed by atoms with van der Waals surface area (Å²) in [6.45, 7) is 5.35. The van der Waals surface area contributed by atoms with Gasteiger partial charge in [0.15, 0.2) is 0 Å². The maximum atomic E-state index is 4.48. The van der Waals surface area contributed by atoms with Gasteiger partial charge in [-0.2, -0.15) is 0 Å². The highest BCUT2D eigenvalue weighted by molar-refractivity contribution is 9.11.